The minimum atomic E-state index is -0.407. The smallest absolute Gasteiger partial charge is 0.228 e. The summed E-state index contributed by atoms with van der Waals surface area (Å²) in [5.41, 5.74) is 0.975. The maximum atomic E-state index is 13.4. The van der Waals surface area contributed by atoms with Crippen molar-refractivity contribution >= 4 is 17.7 Å². The largest absolute Gasteiger partial charge is 0.383 e. The minimum absolute atomic E-state index is 0.00696. The summed E-state index contributed by atoms with van der Waals surface area (Å²) in [4.78, 5) is 43.2. The number of hydrogen-bond acceptors (Lipinski definition) is 4. The fourth-order valence-corrected chi connectivity index (χ4v) is 4.21. The molecule has 0 unspecified atom stereocenters. The van der Waals surface area contributed by atoms with E-state index in [1.807, 2.05) is 35.2 Å². The van der Waals surface area contributed by atoms with E-state index in [1.165, 1.54) is 0 Å². The van der Waals surface area contributed by atoms with Crippen molar-refractivity contribution < 1.29 is 19.1 Å². The molecule has 2 atom stereocenters. The number of methoxy groups -OCH3 is 1. The van der Waals surface area contributed by atoms with Gasteiger partial charge in [-0.15, -0.1) is 0 Å². The van der Waals surface area contributed by atoms with Crippen LogP contribution < -0.4 is 0 Å². The Bertz CT molecular complexity index is 709. The van der Waals surface area contributed by atoms with Crippen molar-refractivity contribution in [2.24, 2.45) is 5.92 Å². The summed E-state index contributed by atoms with van der Waals surface area (Å²) < 4.78 is 5.17. The van der Waals surface area contributed by atoms with Gasteiger partial charge in [0, 0.05) is 53.2 Å². The zero-order valence-electron chi connectivity index (χ0n) is 16.7. The maximum Gasteiger partial charge on any atom is 0.228 e. The average molecular weight is 387 g/mol. The van der Waals surface area contributed by atoms with Crippen LogP contribution in [0.3, 0.4) is 0 Å². The van der Waals surface area contributed by atoms with Crippen LogP contribution in [0.4, 0.5) is 0 Å². The summed E-state index contributed by atoms with van der Waals surface area (Å²) in [6.45, 7) is 4.82. The van der Waals surface area contributed by atoms with Gasteiger partial charge in [-0.1, -0.05) is 30.3 Å². The molecular weight excluding hydrogens is 358 g/mol. The number of carbonyl (C=O) groups is 3. The normalized spacial score (nSPS) is 23.1. The molecule has 2 aliphatic heterocycles. The fraction of sp³-hybridized carbons (Fsp3) is 0.571. The van der Waals surface area contributed by atoms with Crippen LogP contribution >= 0.6 is 0 Å². The minimum Gasteiger partial charge on any atom is -0.383 e. The van der Waals surface area contributed by atoms with E-state index >= 15 is 0 Å². The summed E-state index contributed by atoms with van der Waals surface area (Å²) in [5.74, 6) is -0.370. The van der Waals surface area contributed by atoms with E-state index in [1.54, 1.807) is 23.8 Å². The second-order valence-electron chi connectivity index (χ2n) is 7.43. The Labute approximate surface area is 166 Å². The summed E-state index contributed by atoms with van der Waals surface area (Å²) >= 11 is 0. The van der Waals surface area contributed by atoms with Crippen LogP contribution in [-0.2, 0) is 19.1 Å². The van der Waals surface area contributed by atoms with Crippen molar-refractivity contribution in [3.05, 3.63) is 35.9 Å². The Morgan fingerprint density at radius 1 is 1.07 bits per heavy atom. The van der Waals surface area contributed by atoms with E-state index < -0.39 is 5.92 Å². The zero-order valence-corrected chi connectivity index (χ0v) is 16.7. The molecule has 0 aliphatic carbocycles. The first-order chi connectivity index (χ1) is 13.5. The van der Waals surface area contributed by atoms with Crippen molar-refractivity contribution in [2.75, 3.05) is 46.4 Å². The molecule has 0 spiro atoms. The van der Waals surface area contributed by atoms with Gasteiger partial charge in [0.1, 0.15) is 0 Å². The quantitative estimate of drug-likeness (QED) is 0.764. The molecule has 1 aromatic carbocycles. The van der Waals surface area contributed by atoms with E-state index in [-0.39, 0.29) is 30.2 Å². The molecule has 2 heterocycles. The number of carbonyl (C=O) groups excluding carboxylic acids is 3. The molecule has 2 fully saturated rings. The van der Waals surface area contributed by atoms with Crippen LogP contribution in [0.15, 0.2) is 30.3 Å². The molecule has 1 aromatic rings. The third kappa shape index (κ3) is 4.35. The molecule has 7 nitrogen and oxygen atoms in total. The molecule has 0 radical (unpaired) electrons. The second-order valence-corrected chi connectivity index (χ2v) is 7.43. The van der Waals surface area contributed by atoms with Crippen LogP contribution in [0.1, 0.15) is 31.4 Å². The van der Waals surface area contributed by atoms with Gasteiger partial charge >= 0.3 is 0 Å². The highest BCUT2D eigenvalue weighted by molar-refractivity contribution is 5.90. The first kappa shape index (κ1) is 20.3. The second kappa shape index (κ2) is 9.19. The highest BCUT2D eigenvalue weighted by Crippen LogP contribution is 2.39. The fourth-order valence-electron chi connectivity index (χ4n) is 4.21. The van der Waals surface area contributed by atoms with Gasteiger partial charge in [0.05, 0.1) is 18.6 Å². The van der Waals surface area contributed by atoms with Crippen LogP contribution in [0.2, 0.25) is 0 Å². The lowest BCUT2D eigenvalue weighted by Gasteiger charge is -2.31. The predicted octanol–water partition coefficient (Wildman–Crippen LogP) is 1.30. The Balaban J connectivity index is 1.81. The molecule has 28 heavy (non-hydrogen) atoms. The van der Waals surface area contributed by atoms with Gasteiger partial charge in [0.2, 0.25) is 17.7 Å². The lowest BCUT2D eigenvalue weighted by atomic mass is 9.92. The number of likely N-dealkylation sites (tertiary alicyclic amines) is 1. The van der Waals surface area contributed by atoms with E-state index in [2.05, 4.69) is 0 Å². The highest BCUT2D eigenvalue weighted by Gasteiger charge is 2.45. The molecule has 0 saturated carbocycles. The summed E-state index contributed by atoms with van der Waals surface area (Å²) in [5, 5.41) is 0. The molecule has 152 valence electrons. The van der Waals surface area contributed by atoms with Gasteiger partial charge in [-0.05, 0) is 12.0 Å². The molecular formula is C21H29N3O4. The molecule has 7 heteroatoms. The van der Waals surface area contributed by atoms with Crippen molar-refractivity contribution in [1.29, 1.82) is 0 Å². The van der Waals surface area contributed by atoms with E-state index in [9.17, 15) is 14.4 Å². The lowest BCUT2D eigenvalue weighted by molar-refractivity contribution is -0.137. The Hall–Kier alpha value is -2.41. The highest BCUT2D eigenvalue weighted by atomic mass is 16.5. The third-order valence-electron chi connectivity index (χ3n) is 5.68. The van der Waals surface area contributed by atoms with E-state index in [0.717, 1.165) is 12.0 Å². The van der Waals surface area contributed by atoms with Crippen LogP contribution in [-0.4, -0.2) is 78.9 Å². The van der Waals surface area contributed by atoms with Gasteiger partial charge in [0.25, 0.3) is 0 Å². The molecule has 2 aliphatic rings. The van der Waals surface area contributed by atoms with Crippen molar-refractivity contribution in [2.45, 2.75) is 25.8 Å². The van der Waals surface area contributed by atoms with Gasteiger partial charge < -0.3 is 19.4 Å². The number of benzene rings is 1. The van der Waals surface area contributed by atoms with Crippen molar-refractivity contribution in [3.63, 3.8) is 0 Å². The standard InChI is InChI=1S/C21H29N3O4/c1-16(25)22-9-6-10-23(12-11-22)21(27)18-15-19(26)24(13-14-28-2)20(18)17-7-4-3-5-8-17/h3-5,7-8,18,20H,6,9-15H2,1-2H3/t18-,20+/m1/s1. The molecule has 0 bridgehead atoms. The number of ether oxygens (including phenoxy) is 1. The van der Waals surface area contributed by atoms with Crippen LogP contribution in [0.5, 0.6) is 0 Å². The predicted molar refractivity (Wildman–Crippen MR) is 104 cm³/mol. The first-order valence-corrected chi connectivity index (χ1v) is 9.90. The Kier molecular flexibility index (Phi) is 6.67. The monoisotopic (exact) mass is 387 g/mol. The van der Waals surface area contributed by atoms with E-state index in [4.69, 9.17) is 4.74 Å². The molecule has 0 aromatic heterocycles. The van der Waals surface area contributed by atoms with Crippen LogP contribution in [0.25, 0.3) is 0 Å². The lowest BCUT2D eigenvalue weighted by Crippen LogP contribution is -2.41. The Morgan fingerprint density at radius 2 is 1.75 bits per heavy atom. The van der Waals surface area contributed by atoms with Gasteiger partial charge in [-0.3, -0.25) is 14.4 Å². The Morgan fingerprint density at radius 3 is 2.43 bits per heavy atom. The van der Waals surface area contributed by atoms with Crippen molar-refractivity contribution in [1.82, 2.24) is 14.7 Å². The van der Waals surface area contributed by atoms with Crippen molar-refractivity contribution in [3.8, 4) is 0 Å². The first-order valence-electron chi connectivity index (χ1n) is 9.90. The number of rotatable bonds is 5. The SMILES string of the molecule is COCCN1C(=O)C[C@@H](C(=O)N2CCCN(C(C)=O)CC2)[C@@H]1c1ccccc1. The zero-order chi connectivity index (χ0) is 20.1. The molecule has 3 amide bonds. The third-order valence-corrected chi connectivity index (χ3v) is 5.68. The van der Waals surface area contributed by atoms with Gasteiger partial charge in [0.15, 0.2) is 0 Å². The number of amides is 3. The topological polar surface area (TPSA) is 70.2 Å². The summed E-state index contributed by atoms with van der Waals surface area (Å²) in [6, 6.07) is 9.48. The number of hydrogen-bond donors (Lipinski definition) is 0. The summed E-state index contributed by atoms with van der Waals surface area (Å²) in [7, 11) is 1.61. The molecule has 0 N–H and O–H groups in total. The summed E-state index contributed by atoms with van der Waals surface area (Å²) in [6.07, 6.45) is 0.977. The van der Waals surface area contributed by atoms with E-state index in [0.29, 0.717) is 39.3 Å². The van der Waals surface area contributed by atoms with Gasteiger partial charge in [-0.25, -0.2) is 0 Å². The number of nitrogens with zero attached hydrogens (tertiary/aromatic N) is 3. The maximum absolute atomic E-state index is 13.4. The van der Waals surface area contributed by atoms with Gasteiger partial charge in [-0.2, -0.15) is 0 Å². The van der Waals surface area contributed by atoms with Crippen LogP contribution in [0, 0.1) is 5.92 Å². The molecule has 3 rings (SSSR count). The molecule has 2 saturated heterocycles. The average Bonchev–Trinajstić information content (AvgIpc) is 2.86.